The van der Waals surface area contributed by atoms with Gasteiger partial charge in [-0.3, -0.25) is 0 Å². The van der Waals surface area contributed by atoms with Crippen molar-refractivity contribution < 1.29 is 13.2 Å². The van der Waals surface area contributed by atoms with Gasteiger partial charge in [-0.15, -0.1) is 0 Å². The molecule has 0 radical (unpaired) electrons. The summed E-state index contributed by atoms with van der Waals surface area (Å²) in [6.07, 6.45) is 7.15. The normalized spacial score (nSPS) is 20.6. The van der Waals surface area contributed by atoms with Crippen molar-refractivity contribution in [1.29, 1.82) is 0 Å². The van der Waals surface area contributed by atoms with Gasteiger partial charge in [-0.25, -0.2) is 22.8 Å². The van der Waals surface area contributed by atoms with Crippen molar-refractivity contribution in [2.75, 3.05) is 0 Å². The van der Waals surface area contributed by atoms with Gasteiger partial charge < -0.3 is 4.74 Å². The van der Waals surface area contributed by atoms with Gasteiger partial charge >= 0.3 is 0 Å². The number of hydrogen-bond acceptors (Lipinski definition) is 5. The summed E-state index contributed by atoms with van der Waals surface area (Å²) in [5.74, 6) is 2.19. The van der Waals surface area contributed by atoms with Crippen LogP contribution in [0.25, 0.3) is 0 Å². The number of rotatable bonds is 6. The number of aryl methyl sites for hydroxylation is 2. The van der Waals surface area contributed by atoms with E-state index < -0.39 is 10.0 Å². The molecule has 1 saturated carbocycles. The highest BCUT2D eigenvalue weighted by atomic mass is 32.2. The minimum Gasteiger partial charge on any atom is -0.490 e. The third-order valence-corrected chi connectivity index (χ3v) is 6.76. The number of ether oxygens (including phenoxy) is 1. The molecule has 1 atom stereocenters. The van der Waals surface area contributed by atoms with E-state index in [1.807, 2.05) is 11.6 Å². The molecule has 1 aromatic heterocycles. The molecule has 2 aliphatic rings. The lowest BCUT2D eigenvalue weighted by molar-refractivity contribution is 0.210. The van der Waals surface area contributed by atoms with Gasteiger partial charge in [0.15, 0.2) is 5.82 Å². The summed E-state index contributed by atoms with van der Waals surface area (Å²) in [6, 6.07) is 6.36. The Hall–Kier alpha value is -1.93. The van der Waals surface area contributed by atoms with E-state index in [-0.39, 0.29) is 17.0 Å². The van der Waals surface area contributed by atoms with Crippen molar-refractivity contribution >= 4 is 10.0 Å². The first-order chi connectivity index (χ1) is 13.0. The molecule has 1 N–H and O–H groups in total. The third kappa shape index (κ3) is 4.01. The first-order valence-electron chi connectivity index (χ1n) is 9.78. The van der Waals surface area contributed by atoms with E-state index >= 15 is 0 Å². The molecule has 1 fully saturated rings. The van der Waals surface area contributed by atoms with Crippen LogP contribution in [0, 0.1) is 0 Å². The van der Waals surface area contributed by atoms with Gasteiger partial charge in [0.05, 0.1) is 17.0 Å². The number of hydrogen-bond donors (Lipinski definition) is 1. The van der Waals surface area contributed by atoms with E-state index in [4.69, 9.17) is 4.74 Å². The van der Waals surface area contributed by atoms with Crippen LogP contribution in [-0.4, -0.2) is 29.3 Å². The fourth-order valence-corrected chi connectivity index (χ4v) is 5.04. The summed E-state index contributed by atoms with van der Waals surface area (Å²) in [7, 11) is -3.63. The predicted molar refractivity (Wildman–Crippen MR) is 101 cm³/mol. The van der Waals surface area contributed by atoms with Crippen LogP contribution >= 0.6 is 0 Å². The molecular weight excluding hydrogens is 364 g/mol. The molecule has 2 heterocycles. The number of sulfonamides is 1. The lowest BCUT2D eigenvalue weighted by Gasteiger charge is -2.23. The van der Waals surface area contributed by atoms with Crippen LogP contribution in [0.1, 0.15) is 63.1 Å². The molecule has 1 unspecified atom stereocenters. The zero-order valence-electron chi connectivity index (χ0n) is 15.6. The van der Waals surface area contributed by atoms with E-state index in [0.717, 1.165) is 50.2 Å². The van der Waals surface area contributed by atoms with Crippen LogP contribution in [0.2, 0.25) is 0 Å². The maximum atomic E-state index is 12.8. The smallest absolute Gasteiger partial charge is 0.241 e. The average molecular weight is 391 g/mol. The van der Waals surface area contributed by atoms with Crippen LogP contribution in [0.3, 0.4) is 0 Å². The van der Waals surface area contributed by atoms with Gasteiger partial charge in [0.2, 0.25) is 10.0 Å². The number of aromatic nitrogens is 3. The Balaban J connectivity index is 1.48. The maximum absolute atomic E-state index is 12.8. The van der Waals surface area contributed by atoms with Gasteiger partial charge in [0.25, 0.3) is 0 Å². The monoisotopic (exact) mass is 390 g/mol. The van der Waals surface area contributed by atoms with Crippen molar-refractivity contribution in [2.45, 2.75) is 75.5 Å². The topological polar surface area (TPSA) is 86.1 Å². The van der Waals surface area contributed by atoms with E-state index in [2.05, 4.69) is 14.8 Å². The quantitative estimate of drug-likeness (QED) is 0.819. The average Bonchev–Trinajstić information content (AvgIpc) is 3.31. The predicted octanol–water partition coefficient (Wildman–Crippen LogP) is 2.98. The summed E-state index contributed by atoms with van der Waals surface area (Å²) >= 11 is 0. The second-order valence-electron chi connectivity index (χ2n) is 7.27. The highest BCUT2D eigenvalue weighted by Crippen LogP contribution is 2.27. The number of fused-ring (bicyclic) bond motifs is 1. The Bertz CT molecular complexity index is 886. The fourth-order valence-electron chi connectivity index (χ4n) is 3.81. The molecule has 2 aromatic rings. The van der Waals surface area contributed by atoms with E-state index in [1.54, 1.807) is 24.3 Å². The summed E-state index contributed by atoms with van der Waals surface area (Å²) in [6.45, 7) is 2.78. The lowest BCUT2D eigenvalue weighted by atomic mass is 10.1. The number of nitrogens with one attached hydrogen (secondary N) is 1. The SMILES string of the molecule is CCc1nc2n(n1)CCCC2NS(=O)(=O)c1ccc(OC2CCCC2)cc1. The molecule has 0 bridgehead atoms. The van der Waals surface area contributed by atoms with Gasteiger partial charge in [0.1, 0.15) is 11.6 Å². The van der Waals surface area contributed by atoms with Crippen molar-refractivity contribution in [3.63, 3.8) is 0 Å². The molecule has 1 aliphatic carbocycles. The van der Waals surface area contributed by atoms with Crippen LogP contribution in [0.5, 0.6) is 5.75 Å². The standard InChI is InChI=1S/C19H26N4O3S/c1-2-18-20-19-17(8-5-13-23(19)21-18)22-27(24,25)16-11-9-15(10-12-16)26-14-6-3-4-7-14/h9-12,14,17,22H,2-8,13H2,1H3. The molecule has 146 valence electrons. The first kappa shape index (κ1) is 18.4. The second kappa shape index (κ2) is 7.59. The van der Waals surface area contributed by atoms with Gasteiger partial charge in [-0.05, 0) is 62.8 Å². The van der Waals surface area contributed by atoms with Gasteiger partial charge in [0, 0.05) is 13.0 Å². The highest BCUT2D eigenvalue weighted by Gasteiger charge is 2.28. The molecule has 4 rings (SSSR count). The second-order valence-corrected chi connectivity index (χ2v) is 8.99. The number of benzene rings is 1. The molecule has 0 spiro atoms. The molecule has 8 heteroatoms. The Kier molecular flexibility index (Phi) is 5.19. The number of nitrogens with zero attached hydrogens (tertiary/aromatic N) is 3. The Morgan fingerprint density at radius 2 is 1.89 bits per heavy atom. The van der Waals surface area contributed by atoms with Gasteiger partial charge in [-0.2, -0.15) is 5.10 Å². The lowest BCUT2D eigenvalue weighted by Crippen LogP contribution is -2.33. The van der Waals surface area contributed by atoms with E-state index in [1.165, 1.54) is 12.8 Å². The van der Waals surface area contributed by atoms with Crippen LogP contribution < -0.4 is 9.46 Å². The third-order valence-electron chi connectivity index (χ3n) is 5.27. The fraction of sp³-hybridized carbons (Fsp3) is 0.579. The maximum Gasteiger partial charge on any atom is 0.241 e. The van der Waals surface area contributed by atoms with Crippen LogP contribution in [0.4, 0.5) is 0 Å². The van der Waals surface area contributed by atoms with E-state index in [0.29, 0.717) is 5.82 Å². The molecule has 7 nitrogen and oxygen atoms in total. The zero-order chi connectivity index (χ0) is 18.9. The highest BCUT2D eigenvalue weighted by molar-refractivity contribution is 7.89. The molecule has 0 amide bonds. The molecular formula is C19H26N4O3S. The van der Waals surface area contributed by atoms with E-state index in [9.17, 15) is 8.42 Å². The minimum atomic E-state index is -3.63. The molecule has 0 saturated heterocycles. The Morgan fingerprint density at radius 1 is 1.15 bits per heavy atom. The summed E-state index contributed by atoms with van der Waals surface area (Å²) < 4.78 is 36.2. The molecule has 1 aromatic carbocycles. The van der Waals surface area contributed by atoms with Crippen molar-refractivity contribution in [2.24, 2.45) is 0 Å². The van der Waals surface area contributed by atoms with Crippen LogP contribution in [-0.2, 0) is 23.0 Å². The molecule has 27 heavy (non-hydrogen) atoms. The van der Waals surface area contributed by atoms with Crippen molar-refractivity contribution in [3.05, 3.63) is 35.9 Å². The first-order valence-corrected chi connectivity index (χ1v) is 11.3. The summed E-state index contributed by atoms with van der Waals surface area (Å²) in [5.41, 5.74) is 0. The van der Waals surface area contributed by atoms with Gasteiger partial charge in [-0.1, -0.05) is 6.92 Å². The minimum absolute atomic E-state index is 0.244. The Labute approximate surface area is 160 Å². The largest absolute Gasteiger partial charge is 0.490 e. The zero-order valence-corrected chi connectivity index (χ0v) is 16.4. The van der Waals surface area contributed by atoms with Crippen molar-refractivity contribution in [3.8, 4) is 5.75 Å². The Morgan fingerprint density at radius 3 is 2.59 bits per heavy atom. The summed E-state index contributed by atoms with van der Waals surface area (Å²) in [4.78, 5) is 4.75. The molecule has 1 aliphatic heterocycles. The van der Waals surface area contributed by atoms with Crippen LogP contribution in [0.15, 0.2) is 29.2 Å². The van der Waals surface area contributed by atoms with Crippen molar-refractivity contribution in [1.82, 2.24) is 19.5 Å². The summed E-state index contributed by atoms with van der Waals surface area (Å²) in [5, 5.41) is 4.44.